The van der Waals surface area contributed by atoms with Crippen LogP contribution < -0.4 is 0 Å². The summed E-state index contributed by atoms with van der Waals surface area (Å²) < 4.78 is 13.3. The van der Waals surface area contributed by atoms with Crippen LogP contribution in [0.1, 0.15) is 207 Å². The van der Waals surface area contributed by atoms with E-state index in [1.165, 1.54) is 128 Å². The second-order valence-electron chi connectivity index (χ2n) is 21.4. The number of ether oxygens (including phenoxy) is 2. The van der Waals surface area contributed by atoms with Crippen molar-refractivity contribution in [2.45, 2.75) is 219 Å². The Labute approximate surface area is 331 Å². The maximum Gasteiger partial charge on any atom is 0.168 e. The van der Waals surface area contributed by atoms with Crippen LogP contribution in [0.25, 0.3) is 0 Å². The summed E-state index contributed by atoms with van der Waals surface area (Å²) in [5.74, 6) is 12.6. The minimum absolute atomic E-state index is 0.283. The van der Waals surface area contributed by atoms with Gasteiger partial charge in [-0.05, 0) is 162 Å². The monoisotopic (exact) mass is 738 g/mol. The van der Waals surface area contributed by atoms with Gasteiger partial charge in [0.2, 0.25) is 0 Å². The highest BCUT2D eigenvalue weighted by Crippen LogP contribution is 2.58. The van der Waals surface area contributed by atoms with E-state index in [4.69, 9.17) is 9.47 Å². The van der Waals surface area contributed by atoms with Crippen LogP contribution in [0.3, 0.4) is 0 Å². The SMILES string of the molecule is CCC1CC1CC(C)C(C)CC1CC1CCCCCCCCC1(CCCCCCCCC2CC2CC2CC2CC2CC2CC)OCC(CCN(C)C)O1. The quantitative estimate of drug-likeness (QED) is 0.0642. The Kier molecular flexibility index (Phi) is 16.9. The van der Waals surface area contributed by atoms with Crippen molar-refractivity contribution in [1.29, 1.82) is 0 Å². The van der Waals surface area contributed by atoms with Crippen molar-refractivity contribution in [3.8, 4) is 0 Å². The summed E-state index contributed by atoms with van der Waals surface area (Å²) in [5.41, 5.74) is 0. The summed E-state index contributed by atoms with van der Waals surface area (Å²) in [6.45, 7) is 11.8. The van der Waals surface area contributed by atoms with Crippen molar-refractivity contribution in [3.63, 3.8) is 0 Å². The van der Waals surface area contributed by atoms with E-state index < -0.39 is 0 Å². The molecule has 14 unspecified atom stereocenters. The van der Waals surface area contributed by atoms with Crippen molar-refractivity contribution >= 4 is 0 Å². The Morgan fingerprint density at radius 2 is 0.925 bits per heavy atom. The maximum atomic E-state index is 6.77. The van der Waals surface area contributed by atoms with Crippen LogP contribution in [-0.4, -0.2) is 44.0 Å². The normalized spacial score (nSPS) is 38.0. The second-order valence-corrected chi connectivity index (χ2v) is 21.4. The molecule has 3 nitrogen and oxygen atoms in total. The molecule has 6 rings (SSSR count). The highest BCUT2D eigenvalue weighted by molar-refractivity contribution is 4.98. The molecule has 1 heterocycles. The van der Waals surface area contributed by atoms with Crippen LogP contribution >= 0.6 is 0 Å². The summed E-state index contributed by atoms with van der Waals surface area (Å²) in [6.07, 6.45) is 40.2. The molecule has 0 bridgehead atoms. The second kappa shape index (κ2) is 21.0. The predicted molar refractivity (Wildman–Crippen MR) is 226 cm³/mol. The van der Waals surface area contributed by atoms with Crippen molar-refractivity contribution in [2.24, 2.45) is 71.0 Å². The van der Waals surface area contributed by atoms with Gasteiger partial charge in [0.25, 0.3) is 0 Å². The molecule has 0 spiro atoms. The van der Waals surface area contributed by atoms with E-state index >= 15 is 0 Å². The molecule has 0 aromatic heterocycles. The van der Waals surface area contributed by atoms with Gasteiger partial charge >= 0.3 is 0 Å². The zero-order valence-electron chi connectivity index (χ0n) is 36.5. The first-order valence-corrected chi connectivity index (χ1v) is 24.7. The first-order valence-electron chi connectivity index (χ1n) is 24.7. The Bertz CT molecular complexity index is 1030. The van der Waals surface area contributed by atoms with Gasteiger partial charge in [0, 0.05) is 19.4 Å². The molecule has 5 aliphatic carbocycles. The molecule has 3 heteroatoms. The van der Waals surface area contributed by atoms with Gasteiger partial charge < -0.3 is 14.4 Å². The molecule has 6 fully saturated rings. The smallest absolute Gasteiger partial charge is 0.168 e. The van der Waals surface area contributed by atoms with Gasteiger partial charge in [0.15, 0.2) is 5.79 Å². The fraction of sp³-hybridized carbons (Fsp3) is 1.00. The minimum atomic E-state index is -0.291. The number of unbranched alkanes of at least 4 members (excludes halogenated alkanes) is 10. The zero-order valence-corrected chi connectivity index (χ0v) is 36.5. The minimum Gasteiger partial charge on any atom is -0.347 e. The van der Waals surface area contributed by atoms with E-state index in [2.05, 4.69) is 46.7 Å². The highest BCUT2D eigenvalue weighted by atomic mass is 16.7. The van der Waals surface area contributed by atoms with E-state index in [9.17, 15) is 0 Å². The molecule has 53 heavy (non-hydrogen) atoms. The topological polar surface area (TPSA) is 21.7 Å². The van der Waals surface area contributed by atoms with Crippen molar-refractivity contribution in [2.75, 3.05) is 27.2 Å². The first kappa shape index (κ1) is 42.5. The van der Waals surface area contributed by atoms with Gasteiger partial charge in [-0.1, -0.05) is 118 Å². The van der Waals surface area contributed by atoms with Gasteiger partial charge in [-0.2, -0.15) is 0 Å². The summed E-state index contributed by atoms with van der Waals surface area (Å²) in [4.78, 5) is 2.29. The molecular weight excluding hydrogens is 647 g/mol. The maximum absolute atomic E-state index is 6.77. The summed E-state index contributed by atoms with van der Waals surface area (Å²) in [6, 6.07) is 0. The van der Waals surface area contributed by atoms with E-state index in [-0.39, 0.29) is 11.9 Å². The lowest BCUT2D eigenvalue weighted by Crippen LogP contribution is -2.31. The Morgan fingerprint density at radius 1 is 0.509 bits per heavy atom. The number of rotatable bonds is 32. The molecule has 0 aromatic carbocycles. The van der Waals surface area contributed by atoms with Crippen molar-refractivity contribution in [3.05, 3.63) is 0 Å². The molecule has 308 valence electrons. The van der Waals surface area contributed by atoms with Crippen molar-refractivity contribution < 1.29 is 9.47 Å². The van der Waals surface area contributed by atoms with Crippen LogP contribution in [-0.2, 0) is 9.47 Å². The van der Waals surface area contributed by atoms with Gasteiger partial charge in [-0.3, -0.25) is 0 Å². The molecule has 6 aliphatic rings. The van der Waals surface area contributed by atoms with Crippen LogP contribution in [0.4, 0.5) is 0 Å². The van der Waals surface area contributed by atoms with E-state index in [0.29, 0.717) is 0 Å². The molecule has 0 radical (unpaired) electrons. The number of hydrogen-bond donors (Lipinski definition) is 0. The van der Waals surface area contributed by atoms with E-state index in [1.54, 1.807) is 32.1 Å². The van der Waals surface area contributed by atoms with E-state index in [0.717, 1.165) is 103 Å². The lowest BCUT2D eigenvalue weighted by molar-refractivity contribution is -0.180. The molecule has 0 N–H and O–H groups in total. The summed E-state index contributed by atoms with van der Waals surface area (Å²) in [5, 5.41) is 0. The summed E-state index contributed by atoms with van der Waals surface area (Å²) >= 11 is 0. The lowest BCUT2D eigenvalue weighted by atomic mass is 9.86. The molecule has 5 saturated carbocycles. The molecule has 0 aromatic rings. The fourth-order valence-electron chi connectivity index (χ4n) is 11.8. The van der Waals surface area contributed by atoms with Crippen LogP contribution in [0.15, 0.2) is 0 Å². The Balaban J connectivity index is 0.754. The van der Waals surface area contributed by atoms with Gasteiger partial charge in [0.05, 0.1) is 12.7 Å². The van der Waals surface area contributed by atoms with Gasteiger partial charge in [-0.25, -0.2) is 0 Å². The summed E-state index contributed by atoms with van der Waals surface area (Å²) in [7, 11) is 4.35. The van der Waals surface area contributed by atoms with Crippen LogP contribution in [0.5, 0.6) is 0 Å². The lowest BCUT2D eigenvalue weighted by Gasteiger charge is -2.29. The van der Waals surface area contributed by atoms with Gasteiger partial charge in [0.1, 0.15) is 0 Å². The first-order chi connectivity index (χ1) is 25.8. The molecule has 14 atom stereocenters. The standard InChI is InChI=1S/C50H91NO2/c1-7-39-29-43(39)27-37(3)38(4)28-44-31-41(44)21-17-13-9-11-15-19-24-50(52-36-49(53-50)23-26-51(5)6)25-20-16-12-10-14-18-22-42-32-46(42)34-48-35-47(48)33-45-30-40(45)8-2/h37-49H,7-36H2,1-6H3. The molecule has 0 amide bonds. The average molecular weight is 738 g/mol. The Hall–Kier alpha value is -0.120. The third kappa shape index (κ3) is 14.6. The third-order valence-corrected chi connectivity index (χ3v) is 16.5. The Morgan fingerprint density at radius 3 is 1.47 bits per heavy atom. The van der Waals surface area contributed by atoms with Gasteiger partial charge in [-0.15, -0.1) is 0 Å². The molecule has 1 aliphatic heterocycles. The predicted octanol–water partition coefficient (Wildman–Crippen LogP) is 14.1. The zero-order chi connectivity index (χ0) is 37.2. The van der Waals surface area contributed by atoms with Crippen LogP contribution in [0.2, 0.25) is 0 Å². The number of hydrogen-bond acceptors (Lipinski definition) is 3. The van der Waals surface area contributed by atoms with Crippen LogP contribution in [0, 0.1) is 71.0 Å². The average Bonchev–Trinajstić information content (AvgIpc) is 3.89. The molecular formula is C50H91NO2. The fourth-order valence-corrected chi connectivity index (χ4v) is 11.8. The number of nitrogens with zero attached hydrogens (tertiary/aromatic N) is 1. The highest BCUT2D eigenvalue weighted by Gasteiger charge is 2.48. The molecule has 1 saturated heterocycles. The van der Waals surface area contributed by atoms with E-state index in [1.807, 2.05) is 0 Å². The largest absolute Gasteiger partial charge is 0.347 e. The van der Waals surface area contributed by atoms with Crippen molar-refractivity contribution in [1.82, 2.24) is 4.90 Å². The third-order valence-electron chi connectivity index (χ3n) is 16.5.